The highest BCUT2D eigenvalue weighted by Gasteiger charge is 2.34. The van der Waals surface area contributed by atoms with Gasteiger partial charge in [0.2, 0.25) is 0 Å². The zero-order valence-electron chi connectivity index (χ0n) is 23.6. The summed E-state index contributed by atoms with van der Waals surface area (Å²) in [6.07, 6.45) is 18.1. The highest BCUT2D eigenvalue weighted by Crippen LogP contribution is 2.49. The van der Waals surface area contributed by atoms with E-state index in [-0.39, 0.29) is 12.1 Å². The van der Waals surface area contributed by atoms with Gasteiger partial charge in [0.25, 0.3) is 0 Å². The standard InChI is InChI=1S/C37H36N4/c1-41-32(24-11-4-2-5-12-24)21-27(22-33(41)25-13-6-3-7-14-25)35-34-29-19-18-26-15-10-20-38-36(26)37(29)39-23-30(34)28-16-8-9-17-31(28)40-35/h2,4-5,8-12,15-19,21-23,25,32,35,38,40H,3,6-7,13-14,20H2,1H3. The number of nitrogens with zero attached hydrogens (tertiary/aromatic N) is 2. The largest absolute Gasteiger partial charge is 0.379 e. The van der Waals surface area contributed by atoms with Gasteiger partial charge < -0.3 is 15.5 Å². The third kappa shape index (κ3) is 4.08. The molecule has 4 aliphatic rings. The summed E-state index contributed by atoms with van der Waals surface area (Å²) < 4.78 is 0. The molecule has 2 atom stereocenters. The maximum Gasteiger partial charge on any atom is 0.0943 e. The number of anilines is 2. The van der Waals surface area contributed by atoms with Crippen molar-refractivity contribution in [1.82, 2.24) is 9.88 Å². The van der Waals surface area contributed by atoms with Crippen LogP contribution in [0.25, 0.3) is 28.1 Å². The summed E-state index contributed by atoms with van der Waals surface area (Å²) in [7, 11) is 2.30. The van der Waals surface area contributed by atoms with Gasteiger partial charge in [-0.05, 0) is 53.2 Å². The molecular formula is C37H36N4. The molecule has 2 N–H and O–H groups in total. The molecule has 4 heteroatoms. The van der Waals surface area contributed by atoms with Crippen molar-refractivity contribution in [3.63, 3.8) is 0 Å². The van der Waals surface area contributed by atoms with E-state index < -0.39 is 0 Å². The van der Waals surface area contributed by atoms with Crippen molar-refractivity contribution in [2.75, 3.05) is 24.2 Å². The average Bonchev–Trinajstić information content (AvgIpc) is 3.05. The van der Waals surface area contributed by atoms with E-state index >= 15 is 0 Å². The van der Waals surface area contributed by atoms with Gasteiger partial charge in [0.05, 0.1) is 23.3 Å². The molecule has 41 heavy (non-hydrogen) atoms. The average molecular weight is 537 g/mol. The summed E-state index contributed by atoms with van der Waals surface area (Å²) in [5, 5.41) is 8.84. The number of rotatable bonds is 3. The Morgan fingerprint density at radius 1 is 0.878 bits per heavy atom. The van der Waals surface area contributed by atoms with E-state index in [9.17, 15) is 0 Å². The van der Waals surface area contributed by atoms with Crippen LogP contribution in [0, 0.1) is 5.92 Å². The Morgan fingerprint density at radius 2 is 1.71 bits per heavy atom. The highest BCUT2D eigenvalue weighted by molar-refractivity contribution is 6.02. The number of allylic oxidation sites excluding steroid dienone is 1. The first-order valence-corrected chi connectivity index (χ1v) is 15.2. The minimum atomic E-state index is 0.0288. The second-order valence-corrected chi connectivity index (χ2v) is 12.0. The smallest absolute Gasteiger partial charge is 0.0943 e. The Hall–Kier alpha value is -4.31. The molecule has 4 heterocycles. The molecule has 0 bridgehead atoms. The van der Waals surface area contributed by atoms with E-state index in [0.717, 1.165) is 17.7 Å². The maximum absolute atomic E-state index is 5.08. The summed E-state index contributed by atoms with van der Waals surface area (Å²) in [5.74, 6) is 0.608. The van der Waals surface area contributed by atoms with Crippen LogP contribution < -0.4 is 10.6 Å². The van der Waals surface area contributed by atoms with Crippen LogP contribution in [0.15, 0.2) is 102 Å². The van der Waals surface area contributed by atoms with Crippen molar-refractivity contribution in [3.05, 3.63) is 119 Å². The van der Waals surface area contributed by atoms with E-state index in [2.05, 4.69) is 120 Å². The van der Waals surface area contributed by atoms with Gasteiger partial charge in [0.1, 0.15) is 0 Å². The first-order chi connectivity index (χ1) is 20.3. The SMILES string of the molecule is CN1C(C2CCCCC2)=CC(C2Nc3ccccc3-c3cnc4c5c(ccc4c32)C=CCN5)=CC1c1ccccc1. The van der Waals surface area contributed by atoms with Crippen LogP contribution in [0.5, 0.6) is 0 Å². The number of likely N-dealkylation sites (N-methyl/N-ethyl adjacent to an activating group) is 1. The third-order valence-electron chi connectivity index (χ3n) is 9.60. The Labute approximate surface area is 242 Å². The number of benzene rings is 3. The number of hydrogen-bond acceptors (Lipinski definition) is 4. The Balaban J connectivity index is 1.35. The van der Waals surface area contributed by atoms with E-state index in [1.165, 1.54) is 82.3 Å². The van der Waals surface area contributed by atoms with Crippen LogP contribution in [0.2, 0.25) is 0 Å². The fourth-order valence-corrected chi connectivity index (χ4v) is 7.55. The summed E-state index contributed by atoms with van der Waals surface area (Å²) in [4.78, 5) is 7.63. The van der Waals surface area contributed by atoms with Gasteiger partial charge in [-0.2, -0.15) is 0 Å². The Kier molecular flexibility index (Phi) is 5.94. The molecule has 8 rings (SSSR count). The van der Waals surface area contributed by atoms with Gasteiger partial charge in [-0.15, -0.1) is 0 Å². The lowest BCUT2D eigenvalue weighted by Gasteiger charge is -2.41. The Morgan fingerprint density at radius 3 is 2.59 bits per heavy atom. The molecule has 1 saturated carbocycles. The molecule has 0 radical (unpaired) electrons. The second-order valence-electron chi connectivity index (χ2n) is 12.0. The number of aromatic nitrogens is 1. The normalized spacial score (nSPS) is 21.6. The molecule has 3 aliphatic heterocycles. The van der Waals surface area contributed by atoms with E-state index in [4.69, 9.17) is 4.98 Å². The third-order valence-corrected chi connectivity index (χ3v) is 9.60. The van der Waals surface area contributed by atoms with Gasteiger partial charge in [-0.3, -0.25) is 4.98 Å². The fraction of sp³-hybridized carbons (Fsp3) is 0.270. The van der Waals surface area contributed by atoms with E-state index in [0.29, 0.717) is 5.92 Å². The second kappa shape index (κ2) is 9.95. The van der Waals surface area contributed by atoms with Gasteiger partial charge in [0.15, 0.2) is 0 Å². The topological polar surface area (TPSA) is 40.2 Å². The number of pyridine rings is 1. The fourth-order valence-electron chi connectivity index (χ4n) is 7.55. The van der Waals surface area contributed by atoms with Gasteiger partial charge >= 0.3 is 0 Å². The number of nitrogens with one attached hydrogen (secondary N) is 2. The number of fused-ring (bicyclic) bond motifs is 7. The zero-order valence-corrected chi connectivity index (χ0v) is 23.6. The Bertz CT molecular complexity index is 1730. The van der Waals surface area contributed by atoms with Crippen molar-refractivity contribution in [3.8, 4) is 11.1 Å². The summed E-state index contributed by atoms with van der Waals surface area (Å²) in [6, 6.07) is 24.5. The minimum Gasteiger partial charge on any atom is -0.379 e. The molecule has 3 aromatic carbocycles. The van der Waals surface area contributed by atoms with Crippen LogP contribution >= 0.6 is 0 Å². The van der Waals surface area contributed by atoms with Crippen LogP contribution in [0.3, 0.4) is 0 Å². The lowest BCUT2D eigenvalue weighted by atomic mass is 9.79. The van der Waals surface area contributed by atoms with Crippen LogP contribution in [0.1, 0.15) is 60.9 Å². The molecule has 4 aromatic rings. The predicted octanol–water partition coefficient (Wildman–Crippen LogP) is 8.88. The molecular weight excluding hydrogens is 500 g/mol. The summed E-state index contributed by atoms with van der Waals surface area (Å²) >= 11 is 0. The van der Waals surface area contributed by atoms with Crippen molar-refractivity contribution in [2.24, 2.45) is 5.92 Å². The highest BCUT2D eigenvalue weighted by atomic mass is 15.1. The molecule has 0 amide bonds. The van der Waals surface area contributed by atoms with Crippen LogP contribution in [0.4, 0.5) is 11.4 Å². The van der Waals surface area contributed by atoms with Gasteiger partial charge in [0, 0.05) is 47.7 Å². The zero-order chi connectivity index (χ0) is 27.3. The van der Waals surface area contributed by atoms with Crippen molar-refractivity contribution in [2.45, 2.75) is 44.2 Å². The monoisotopic (exact) mass is 536 g/mol. The summed E-state index contributed by atoms with van der Waals surface area (Å²) in [6.45, 7) is 0.832. The number of para-hydroxylation sites is 1. The minimum absolute atomic E-state index is 0.0288. The molecule has 0 spiro atoms. The molecule has 2 unspecified atom stereocenters. The van der Waals surface area contributed by atoms with E-state index in [1.54, 1.807) is 0 Å². The van der Waals surface area contributed by atoms with Gasteiger partial charge in [-0.25, -0.2) is 0 Å². The molecule has 0 saturated heterocycles. The molecule has 1 aliphatic carbocycles. The van der Waals surface area contributed by atoms with Gasteiger partial charge in [-0.1, -0.05) is 98.2 Å². The van der Waals surface area contributed by atoms with Crippen molar-refractivity contribution >= 4 is 28.4 Å². The lowest BCUT2D eigenvalue weighted by Crippen LogP contribution is -2.32. The molecule has 1 aromatic heterocycles. The molecule has 1 fully saturated rings. The van der Waals surface area contributed by atoms with Crippen molar-refractivity contribution in [1.29, 1.82) is 0 Å². The maximum atomic E-state index is 5.08. The van der Waals surface area contributed by atoms with Crippen molar-refractivity contribution < 1.29 is 0 Å². The number of hydrogen-bond donors (Lipinski definition) is 2. The van der Waals surface area contributed by atoms with Crippen LogP contribution in [-0.2, 0) is 0 Å². The summed E-state index contributed by atoms with van der Waals surface area (Å²) in [5.41, 5.74) is 12.5. The molecule has 204 valence electrons. The predicted molar refractivity (Wildman–Crippen MR) is 171 cm³/mol. The van der Waals surface area contributed by atoms with E-state index in [1.807, 2.05) is 0 Å². The lowest BCUT2D eigenvalue weighted by molar-refractivity contribution is 0.268. The molecule has 4 nitrogen and oxygen atoms in total. The van der Waals surface area contributed by atoms with Crippen LogP contribution in [-0.4, -0.2) is 23.5 Å². The first-order valence-electron chi connectivity index (χ1n) is 15.2. The first kappa shape index (κ1) is 24.5. The quantitative estimate of drug-likeness (QED) is 0.274.